The first-order valence-electron chi connectivity index (χ1n) is 24.1. The van der Waals surface area contributed by atoms with E-state index in [1.165, 1.54) is 71.8 Å². The van der Waals surface area contributed by atoms with Crippen LogP contribution in [0.15, 0.2) is 145 Å². The van der Waals surface area contributed by atoms with Crippen LogP contribution < -0.4 is 14.3 Å². The molecule has 2 atom stereocenters. The van der Waals surface area contributed by atoms with Gasteiger partial charge in [0.2, 0.25) is 17.6 Å². The third-order valence-corrected chi connectivity index (χ3v) is 16.6. The summed E-state index contributed by atoms with van der Waals surface area (Å²) in [5.74, 6) is 2.40. The zero-order valence-corrected chi connectivity index (χ0v) is 41.3. The highest BCUT2D eigenvalue weighted by atomic mass is 28.3. The highest BCUT2D eigenvalue weighted by molar-refractivity contribution is 6.88. The van der Waals surface area contributed by atoms with Gasteiger partial charge in [0.1, 0.15) is 16.8 Å². The molecule has 66 heavy (non-hydrogen) atoms. The van der Waals surface area contributed by atoms with E-state index in [-0.39, 0.29) is 29.2 Å². The molecule has 0 saturated heterocycles. The van der Waals surface area contributed by atoms with E-state index < -0.39 is 8.07 Å². The molecule has 0 aliphatic carbocycles. The van der Waals surface area contributed by atoms with E-state index in [0.717, 1.165) is 52.4 Å². The summed E-state index contributed by atoms with van der Waals surface area (Å²) in [4.78, 5) is 5.26. The Morgan fingerprint density at radius 2 is 1.47 bits per heavy atom. The molecule has 6 heteroatoms. The Morgan fingerprint density at radius 1 is 0.773 bits per heavy atom. The summed E-state index contributed by atoms with van der Waals surface area (Å²) >= 11 is 0. The molecule has 330 valence electrons. The minimum atomic E-state index is -1.72. The lowest BCUT2D eigenvalue weighted by molar-refractivity contribution is -0.704. The van der Waals surface area contributed by atoms with Gasteiger partial charge in [-0.2, -0.15) is 13.7 Å². The molecule has 0 spiro atoms. The van der Waals surface area contributed by atoms with E-state index in [4.69, 9.17) is 16.0 Å². The summed E-state index contributed by atoms with van der Waals surface area (Å²) in [6, 6.07) is 47.9. The standard InChI is InChI=1S/C60H62N4OSi/c1-36(2)48-33-42(39-19-13-12-14-20-39)34-49(37(3)4)55(48)64-56-44-22-16-15-21-40(44)27-31-52(56)63-38(5)54-47(45-23-17-18-24-46(45)51-32-28-43(35-62(51)54)66(9,10)11)29-25-41-26-30-50-57(53(41)58(63)64)65-59(61-50)60(6,7)8/h12-24,26-28,30-37,47,54H,5,25,29H2,1-4,6-11H3/q+2. The summed E-state index contributed by atoms with van der Waals surface area (Å²) in [6.07, 6.45) is 4.29. The van der Waals surface area contributed by atoms with Crippen LogP contribution in [-0.2, 0) is 11.8 Å². The Hall–Kier alpha value is -6.37. The van der Waals surface area contributed by atoms with Crippen molar-refractivity contribution < 1.29 is 13.6 Å². The van der Waals surface area contributed by atoms with Crippen LogP contribution in [0.3, 0.4) is 0 Å². The van der Waals surface area contributed by atoms with Crippen LogP contribution in [-0.4, -0.2) is 17.6 Å². The molecule has 3 aromatic heterocycles. The highest BCUT2D eigenvalue weighted by Crippen LogP contribution is 2.50. The minimum Gasteiger partial charge on any atom is -0.439 e. The van der Waals surface area contributed by atoms with Gasteiger partial charge < -0.3 is 4.42 Å². The summed E-state index contributed by atoms with van der Waals surface area (Å²) in [7, 11) is -1.72. The zero-order chi connectivity index (χ0) is 46.0. The van der Waals surface area contributed by atoms with E-state index in [1.807, 2.05) is 0 Å². The van der Waals surface area contributed by atoms with Gasteiger partial charge in [-0.25, -0.2) is 4.98 Å². The second kappa shape index (κ2) is 15.3. The van der Waals surface area contributed by atoms with Crippen molar-refractivity contribution in [1.29, 1.82) is 0 Å². The van der Waals surface area contributed by atoms with Crippen molar-refractivity contribution in [2.45, 2.75) is 110 Å². The molecule has 9 aromatic rings. The molecule has 5 nitrogen and oxygen atoms in total. The van der Waals surface area contributed by atoms with Crippen molar-refractivity contribution in [1.82, 2.24) is 9.55 Å². The van der Waals surface area contributed by atoms with Crippen molar-refractivity contribution in [3.8, 4) is 39.5 Å². The van der Waals surface area contributed by atoms with Crippen molar-refractivity contribution in [3.63, 3.8) is 0 Å². The summed E-state index contributed by atoms with van der Waals surface area (Å²) in [5, 5.41) is 3.85. The fourth-order valence-electron chi connectivity index (χ4n) is 11.1. The van der Waals surface area contributed by atoms with E-state index in [9.17, 15) is 0 Å². The Kier molecular flexibility index (Phi) is 9.83. The molecule has 6 aromatic carbocycles. The number of benzene rings is 6. The van der Waals surface area contributed by atoms with Crippen LogP contribution in [0.1, 0.15) is 107 Å². The molecule has 0 radical (unpaired) electrons. The predicted octanol–water partition coefficient (Wildman–Crippen LogP) is 14.3. The molecule has 2 aliphatic rings. The fourth-order valence-corrected chi connectivity index (χ4v) is 12.2. The lowest BCUT2D eigenvalue weighted by atomic mass is 9.78. The average molecular weight is 883 g/mol. The molecule has 0 amide bonds. The Bertz CT molecular complexity index is 3400. The van der Waals surface area contributed by atoms with Gasteiger partial charge in [-0.05, 0) is 101 Å². The normalized spacial score (nSPS) is 16.2. The number of allylic oxidation sites excluding steroid dienone is 1. The molecular weight excluding hydrogens is 821 g/mol. The Morgan fingerprint density at radius 3 is 2.18 bits per heavy atom. The lowest BCUT2D eigenvalue weighted by Crippen LogP contribution is -2.53. The Labute approximate surface area is 391 Å². The number of hydrogen-bond acceptors (Lipinski definition) is 2. The van der Waals surface area contributed by atoms with Gasteiger partial charge in [0.05, 0.1) is 14.0 Å². The van der Waals surface area contributed by atoms with Crippen LogP contribution in [0, 0.1) is 0 Å². The van der Waals surface area contributed by atoms with Crippen LogP contribution in [0.4, 0.5) is 0 Å². The van der Waals surface area contributed by atoms with Crippen molar-refractivity contribution in [2.75, 3.05) is 0 Å². The van der Waals surface area contributed by atoms with Gasteiger partial charge in [0, 0.05) is 38.7 Å². The number of fused-ring (bicyclic) bond motifs is 15. The number of imidazole rings is 1. The quantitative estimate of drug-likeness (QED) is 0.128. The van der Waals surface area contributed by atoms with Crippen LogP contribution in [0.25, 0.3) is 78.1 Å². The second-order valence-electron chi connectivity index (χ2n) is 21.7. The molecule has 0 fully saturated rings. The number of aromatic nitrogens is 4. The van der Waals surface area contributed by atoms with Crippen molar-refractivity contribution in [2.24, 2.45) is 0 Å². The lowest BCUT2D eigenvalue weighted by Gasteiger charge is -2.31. The van der Waals surface area contributed by atoms with Crippen LogP contribution >= 0.6 is 0 Å². The van der Waals surface area contributed by atoms with Crippen LogP contribution in [0.2, 0.25) is 19.6 Å². The number of oxazole rings is 1. The largest absolute Gasteiger partial charge is 0.439 e. The average Bonchev–Trinajstić information content (AvgIpc) is 3.91. The van der Waals surface area contributed by atoms with Crippen LogP contribution in [0.5, 0.6) is 0 Å². The van der Waals surface area contributed by atoms with Gasteiger partial charge in [-0.1, -0.05) is 147 Å². The number of pyridine rings is 1. The first-order valence-corrected chi connectivity index (χ1v) is 27.6. The maximum atomic E-state index is 7.18. The summed E-state index contributed by atoms with van der Waals surface area (Å²) < 4.78 is 15.0. The second-order valence-corrected chi connectivity index (χ2v) is 26.8. The van der Waals surface area contributed by atoms with Gasteiger partial charge >= 0.3 is 5.82 Å². The smallest absolute Gasteiger partial charge is 0.304 e. The SMILES string of the molecule is C=C1C2C(CCc3ccc4nc(C(C)(C)C)oc4c3-c3n1c1ccc4ccccc4c1[n+]3-c1c(C(C)C)cc(-c3ccccc3)cc1C(C)C)c1ccccc1-c1ccc([Si](C)(C)C)c[n+]12. The summed E-state index contributed by atoms with van der Waals surface area (Å²) in [5.41, 5.74) is 17.4. The third kappa shape index (κ3) is 6.58. The van der Waals surface area contributed by atoms with Gasteiger partial charge in [-0.3, -0.25) is 0 Å². The predicted molar refractivity (Wildman–Crippen MR) is 277 cm³/mol. The molecule has 0 bridgehead atoms. The molecule has 2 aliphatic heterocycles. The highest BCUT2D eigenvalue weighted by Gasteiger charge is 2.49. The fraction of sp³-hybridized carbons (Fsp3) is 0.283. The van der Waals surface area contributed by atoms with Gasteiger partial charge in [0.25, 0.3) is 0 Å². The van der Waals surface area contributed by atoms with E-state index in [2.05, 4.69) is 215 Å². The molecule has 2 unspecified atom stereocenters. The molecular formula is C60H62N4OSi+2. The van der Waals surface area contributed by atoms with Crippen molar-refractivity contribution >= 4 is 51.9 Å². The molecule has 11 rings (SSSR count). The maximum Gasteiger partial charge on any atom is 0.304 e. The van der Waals surface area contributed by atoms with E-state index in [0.29, 0.717) is 0 Å². The maximum absolute atomic E-state index is 7.18. The Balaban J connectivity index is 1.36. The van der Waals surface area contributed by atoms with Gasteiger partial charge in [-0.15, -0.1) is 0 Å². The van der Waals surface area contributed by atoms with Crippen molar-refractivity contribution in [3.05, 3.63) is 168 Å². The van der Waals surface area contributed by atoms with Gasteiger partial charge in [0.15, 0.2) is 28.5 Å². The first kappa shape index (κ1) is 42.3. The first-order chi connectivity index (χ1) is 31.6. The number of hydrogen-bond donors (Lipinski definition) is 0. The monoisotopic (exact) mass is 882 g/mol. The summed E-state index contributed by atoms with van der Waals surface area (Å²) in [6.45, 7) is 28.7. The number of aryl methyl sites for hydroxylation is 1. The molecule has 5 heterocycles. The molecule has 0 N–H and O–H groups in total. The molecule has 0 saturated carbocycles. The van der Waals surface area contributed by atoms with E-state index >= 15 is 0 Å². The number of nitrogens with zero attached hydrogens (tertiary/aromatic N) is 4. The zero-order valence-electron chi connectivity index (χ0n) is 40.3. The van der Waals surface area contributed by atoms with E-state index in [1.54, 1.807) is 0 Å². The topological polar surface area (TPSA) is 38.7 Å². The third-order valence-electron chi connectivity index (χ3n) is 14.5. The minimum absolute atomic E-state index is 0.0697. The number of rotatable bonds is 5.